The first-order chi connectivity index (χ1) is 15.1. The second-order valence-corrected chi connectivity index (χ2v) is 8.65. The van der Waals surface area contributed by atoms with Crippen molar-refractivity contribution in [1.29, 1.82) is 0 Å². The first-order valence-corrected chi connectivity index (χ1v) is 10.7. The molecule has 1 unspecified atom stereocenters. The van der Waals surface area contributed by atoms with Crippen molar-refractivity contribution in [3.05, 3.63) is 65.1 Å². The summed E-state index contributed by atoms with van der Waals surface area (Å²) in [6.45, 7) is 4.85. The van der Waals surface area contributed by atoms with E-state index in [1.807, 2.05) is 16.8 Å². The molecule has 0 radical (unpaired) electrons. The summed E-state index contributed by atoms with van der Waals surface area (Å²) in [5.41, 5.74) is 4.87. The first-order valence-electron chi connectivity index (χ1n) is 10.7. The predicted molar refractivity (Wildman–Crippen MR) is 111 cm³/mol. The molecule has 1 atom stereocenters. The number of amides is 1. The number of aromatic nitrogens is 6. The molecule has 4 aromatic heterocycles. The molecule has 0 bridgehead atoms. The van der Waals surface area contributed by atoms with Gasteiger partial charge in [-0.15, -0.1) is 10.2 Å². The average Bonchev–Trinajstić information content (AvgIpc) is 3.19. The summed E-state index contributed by atoms with van der Waals surface area (Å²) < 4.78 is 7.60. The van der Waals surface area contributed by atoms with Crippen LogP contribution in [0.25, 0.3) is 5.52 Å². The van der Waals surface area contributed by atoms with Gasteiger partial charge < -0.3 is 14.3 Å². The number of H-pyrrole nitrogens is 1. The molecule has 1 saturated carbocycles. The Morgan fingerprint density at radius 1 is 1.29 bits per heavy atom. The quantitative estimate of drug-likeness (QED) is 0.547. The van der Waals surface area contributed by atoms with Gasteiger partial charge in [0, 0.05) is 30.8 Å². The number of pyridine rings is 1. The minimum atomic E-state index is -0.418. The molecule has 5 heterocycles. The van der Waals surface area contributed by atoms with Crippen LogP contribution in [0.5, 0.6) is 0 Å². The largest absolute Gasteiger partial charge is 0.417 e. The number of nitrogens with one attached hydrogen (secondary N) is 1. The number of hydrogen-bond donors (Lipinski definition) is 1. The molecule has 1 aliphatic heterocycles. The van der Waals surface area contributed by atoms with Crippen LogP contribution in [0, 0.1) is 0 Å². The molecule has 2 aliphatic rings. The summed E-state index contributed by atoms with van der Waals surface area (Å²) in [6, 6.07) is 5.76. The monoisotopic (exact) mass is 417 g/mol. The number of fused-ring (bicyclic) bond motifs is 2. The molecule has 0 spiro atoms. The Bertz CT molecular complexity index is 1280. The number of carbonyl (C=O) groups excluding carboxylic acids is 1. The molecule has 6 rings (SSSR count). The predicted octanol–water partition coefficient (Wildman–Crippen LogP) is 3.23. The van der Waals surface area contributed by atoms with Gasteiger partial charge in [-0.25, -0.2) is 9.50 Å². The lowest BCUT2D eigenvalue weighted by Crippen LogP contribution is -2.41. The van der Waals surface area contributed by atoms with Crippen LogP contribution in [-0.2, 0) is 6.42 Å². The summed E-state index contributed by atoms with van der Waals surface area (Å²) in [7, 11) is 0. The van der Waals surface area contributed by atoms with Gasteiger partial charge in [0.05, 0.1) is 23.2 Å². The highest BCUT2D eigenvalue weighted by Crippen LogP contribution is 2.40. The van der Waals surface area contributed by atoms with Gasteiger partial charge in [0.25, 0.3) is 0 Å². The van der Waals surface area contributed by atoms with Crippen molar-refractivity contribution in [3.63, 3.8) is 0 Å². The van der Waals surface area contributed by atoms with Gasteiger partial charge in [0.1, 0.15) is 6.04 Å². The third kappa shape index (κ3) is 2.95. The van der Waals surface area contributed by atoms with E-state index >= 15 is 0 Å². The van der Waals surface area contributed by atoms with E-state index in [0.717, 1.165) is 35.4 Å². The lowest BCUT2D eigenvalue weighted by Gasteiger charge is -2.32. The molecule has 9 heteroatoms. The Hall–Kier alpha value is -3.49. The zero-order valence-corrected chi connectivity index (χ0v) is 17.4. The van der Waals surface area contributed by atoms with Gasteiger partial charge in [-0.05, 0) is 36.5 Å². The van der Waals surface area contributed by atoms with Crippen molar-refractivity contribution in [2.24, 2.45) is 0 Å². The molecule has 9 nitrogen and oxygen atoms in total. The molecule has 0 aromatic carbocycles. The van der Waals surface area contributed by atoms with Crippen LogP contribution in [-0.4, -0.2) is 47.1 Å². The number of hydrogen-bond acceptors (Lipinski definition) is 6. The van der Waals surface area contributed by atoms with Crippen molar-refractivity contribution < 1.29 is 9.21 Å². The van der Waals surface area contributed by atoms with Crippen LogP contribution >= 0.6 is 0 Å². The van der Waals surface area contributed by atoms with Crippen LogP contribution < -0.4 is 0 Å². The number of carbonyl (C=O) groups is 1. The molecule has 158 valence electrons. The van der Waals surface area contributed by atoms with Crippen LogP contribution in [0.3, 0.4) is 0 Å². The molecule has 1 fully saturated rings. The van der Waals surface area contributed by atoms with Crippen molar-refractivity contribution >= 4 is 11.4 Å². The molecule has 1 N–H and O–H groups in total. The van der Waals surface area contributed by atoms with E-state index < -0.39 is 6.04 Å². The van der Waals surface area contributed by atoms with Gasteiger partial charge in [-0.1, -0.05) is 19.9 Å². The summed E-state index contributed by atoms with van der Waals surface area (Å²) in [5, 5.41) is 13.0. The zero-order chi connectivity index (χ0) is 21.1. The number of rotatable bonds is 4. The second kappa shape index (κ2) is 6.76. The summed E-state index contributed by atoms with van der Waals surface area (Å²) in [6.07, 6.45) is 6.38. The van der Waals surface area contributed by atoms with Gasteiger partial charge in [0.15, 0.2) is 0 Å². The molecule has 1 aliphatic carbocycles. The Morgan fingerprint density at radius 3 is 2.97 bits per heavy atom. The lowest BCUT2D eigenvalue weighted by molar-refractivity contribution is 0.0644. The fraction of sp³-hybridized carbons (Fsp3) is 0.409. The van der Waals surface area contributed by atoms with Crippen molar-refractivity contribution in [3.8, 4) is 0 Å². The minimum Gasteiger partial charge on any atom is -0.417 e. The van der Waals surface area contributed by atoms with Gasteiger partial charge in [0.2, 0.25) is 5.89 Å². The highest BCUT2D eigenvalue weighted by atomic mass is 16.4. The fourth-order valence-corrected chi connectivity index (χ4v) is 4.41. The van der Waals surface area contributed by atoms with Gasteiger partial charge in [-0.3, -0.25) is 4.79 Å². The second-order valence-electron chi connectivity index (χ2n) is 8.65. The van der Waals surface area contributed by atoms with E-state index in [9.17, 15) is 4.79 Å². The van der Waals surface area contributed by atoms with E-state index in [1.54, 1.807) is 11.2 Å². The van der Waals surface area contributed by atoms with E-state index in [2.05, 4.69) is 46.1 Å². The number of aromatic amines is 1. The molecule has 4 aromatic rings. The summed E-state index contributed by atoms with van der Waals surface area (Å²) in [5.74, 6) is 0.984. The van der Waals surface area contributed by atoms with E-state index in [1.165, 1.54) is 5.56 Å². The van der Waals surface area contributed by atoms with E-state index in [4.69, 9.17) is 9.52 Å². The SMILES string of the molecule is CC(C)c1cccn2nc(C3c4nc[nH]c4CCN3C(=O)c3nnc(C4CC4)o3)cc12. The Labute approximate surface area is 178 Å². The topological polar surface area (TPSA) is 105 Å². The van der Waals surface area contributed by atoms with Crippen molar-refractivity contribution in [2.45, 2.75) is 51.0 Å². The Morgan fingerprint density at radius 2 is 2.16 bits per heavy atom. The van der Waals surface area contributed by atoms with E-state index in [-0.39, 0.29) is 11.8 Å². The van der Waals surface area contributed by atoms with Crippen molar-refractivity contribution in [1.82, 2.24) is 34.7 Å². The van der Waals surface area contributed by atoms with E-state index in [0.29, 0.717) is 30.7 Å². The molecule has 0 saturated heterocycles. The molecule has 31 heavy (non-hydrogen) atoms. The standard InChI is InChI=1S/C22H23N7O2/c1-12(2)14-4-3-8-29-17(14)10-16(27-29)19-18-15(23-11-24-18)7-9-28(19)22(30)21-26-25-20(31-21)13-5-6-13/h3-4,8,10-13,19H,5-7,9H2,1-2H3,(H,23,24). The Kier molecular flexibility index (Phi) is 3.99. The summed E-state index contributed by atoms with van der Waals surface area (Å²) >= 11 is 0. The maximum Gasteiger partial charge on any atom is 0.312 e. The highest BCUT2D eigenvalue weighted by molar-refractivity contribution is 5.90. The van der Waals surface area contributed by atoms with Crippen LogP contribution in [0.4, 0.5) is 0 Å². The smallest absolute Gasteiger partial charge is 0.312 e. The first kappa shape index (κ1) is 18.3. The highest BCUT2D eigenvalue weighted by Gasteiger charge is 2.39. The Balaban J connectivity index is 1.44. The number of imidazole rings is 1. The number of nitrogens with zero attached hydrogens (tertiary/aromatic N) is 6. The molecular weight excluding hydrogens is 394 g/mol. The third-order valence-corrected chi connectivity index (χ3v) is 6.19. The lowest BCUT2D eigenvalue weighted by atomic mass is 9.98. The fourth-order valence-electron chi connectivity index (χ4n) is 4.41. The molecule has 1 amide bonds. The molecular formula is C22H23N7O2. The normalized spacial score (nSPS) is 18.7. The van der Waals surface area contributed by atoms with Crippen LogP contribution in [0.2, 0.25) is 0 Å². The van der Waals surface area contributed by atoms with Crippen LogP contribution in [0.1, 0.15) is 83.8 Å². The van der Waals surface area contributed by atoms with Crippen molar-refractivity contribution in [2.75, 3.05) is 6.54 Å². The minimum absolute atomic E-state index is 0.0394. The third-order valence-electron chi connectivity index (χ3n) is 6.19. The van der Waals surface area contributed by atoms with Crippen LogP contribution in [0.15, 0.2) is 35.1 Å². The van der Waals surface area contributed by atoms with Gasteiger partial charge >= 0.3 is 11.8 Å². The average molecular weight is 417 g/mol. The maximum absolute atomic E-state index is 13.4. The van der Waals surface area contributed by atoms with Gasteiger partial charge in [-0.2, -0.15) is 5.10 Å². The maximum atomic E-state index is 13.4. The zero-order valence-electron chi connectivity index (χ0n) is 17.4. The summed E-state index contributed by atoms with van der Waals surface area (Å²) in [4.78, 5) is 22.9.